The van der Waals surface area contributed by atoms with Gasteiger partial charge in [-0.15, -0.1) is 0 Å². The molecule has 2 unspecified atom stereocenters. The highest BCUT2D eigenvalue weighted by Crippen LogP contribution is 2.65. The first-order chi connectivity index (χ1) is 15.2. The van der Waals surface area contributed by atoms with Crippen molar-refractivity contribution >= 4 is 23.8 Å². The molecule has 9 nitrogen and oxygen atoms in total. The monoisotopic (exact) mass is 447 g/mol. The summed E-state index contributed by atoms with van der Waals surface area (Å²) in [6.45, 7) is 3.84. The zero-order chi connectivity index (χ0) is 23.3. The number of cyclic esters (lactones) is 1. The van der Waals surface area contributed by atoms with Crippen LogP contribution in [0.4, 0.5) is 4.79 Å². The molecule has 1 aromatic heterocycles. The summed E-state index contributed by atoms with van der Waals surface area (Å²) in [5.41, 5.74) is -0.814. The van der Waals surface area contributed by atoms with Gasteiger partial charge in [-0.2, -0.15) is 0 Å². The largest absolute Gasteiger partial charge is 0.472 e. The Morgan fingerprint density at radius 3 is 2.59 bits per heavy atom. The second-order valence-corrected chi connectivity index (χ2v) is 9.58. The molecular weight excluding hydrogens is 418 g/mol. The normalized spacial score (nSPS) is 38.7. The quantitative estimate of drug-likeness (QED) is 0.555. The third kappa shape index (κ3) is 3.29. The van der Waals surface area contributed by atoms with Crippen LogP contribution in [0, 0.1) is 28.6 Å². The molecule has 4 rings (SSSR count). The number of esters is 2. The molecule has 1 N–H and O–H groups in total. The van der Waals surface area contributed by atoms with E-state index in [0.29, 0.717) is 19.3 Å². The predicted octanol–water partition coefficient (Wildman–Crippen LogP) is 2.79. The van der Waals surface area contributed by atoms with E-state index in [9.17, 15) is 19.2 Å². The molecule has 0 bridgehead atoms. The number of ketones is 1. The van der Waals surface area contributed by atoms with Gasteiger partial charge in [-0.1, -0.05) is 13.8 Å². The van der Waals surface area contributed by atoms with Crippen molar-refractivity contribution < 1.29 is 37.8 Å². The summed E-state index contributed by atoms with van der Waals surface area (Å²) >= 11 is 0. The van der Waals surface area contributed by atoms with Gasteiger partial charge in [0.25, 0.3) is 0 Å². The first kappa shape index (κ1) is 22.4. The number of amides is 1. The lowest BCUT2D eigenvalue weighted by Gasteiger charge is -2.60. The molecule has 2 aliphatic carbocycles. The van der Waals surface area contributed by atoms with Gasteiger partial charge in [0.2, 0.25) is 0 Å². The van der Waals surface area contributed by atoms with Gasteiger partial charge < -0.3 is 23.9 Å². The van der Waals surface area contributed by atoms with Crippen LogP contribution in [0.2, 0.25) is 0 Å². The summed E-state index contributed by atoms with van der Waals surface area (Å²) in [6.07, 6.45) is 2.08. The number of furan rings is 1. The minimum Gasteiger partial charge on any atom is -0.472 e. The number of carbonyl (C=O) groups excluding carboxylic acids is 4. The highest BCUT2D eigenvalue weighted by molar-refractivity contribution is 5.93. The average molecular weight is 447 g/mol. The molecule has 2 saturated carbocycles. The average Bonchev–Trinajstić information content (AvgIpc) is 3.29. The number of nitrogens with one attached hydrogen (secondary N) is 1. The number of methoxy groups -OCH3 is 1. The molecule has 7 atom stereocenters. The van der Waals surface area contributed by atoms with Crippen LogP contribution in [0.3, 0.4) is 0 Å². The van der Waals surface area contributed by atoms with Crippen LogP contribution in [0.15, 0.2) is 23.0 Å². The Balaban J connectivity index is 1.78. The predicted molar refractivity (Wildman–Crippen MR) is 109 cm³/mol. The van der Waals surface area contributed by atoms with Crippen LogP contribution in [-0.4, -0.2) is 44.1 Å². The van der Waals surface area contributed by atoms with Gasteiger partial charge in [-0.05, 0) is 36.2 Å². The number of hydrogen-bond donors (Lipinski definition) is 1. The van der Waals surface area contributed by atoms with Gasteiger partial charge >= 0.3 is 18.0 Å². The second-order valence-electron chi connectivity index (χ2n) is 9.58. The number of rotatable bonds is 3. The number of alkyl carbamates (subject to hydrolysis) is 1. The van der Waals surface area contributed by atoms with Crippen molar-refractivity contribution in [2.24, 2.45) is 28.6 Å². The van der Waals surface area contributed by atoms with Crippen LogP contribution < -0.4 is 5.32 Å². The fourth-order valence-corrected chi connectivity index (χ4v) is 6.45. The Hall–Kier alpha value is -2.84. The number of hydrogen-bond acceptors (Lipinski definition) is 8. The topological polar surface area (TPSA) is 121 Å². The lowest BCUT2D eigenvalue weighted by Crippen LogP contribution is -2.65. The minimum atomic E-state index is -1.10. The number of fused-ring (bicyclic) bond motifs is 3. The van der Waals surface area contributed by atoms with E-state index >= 15 is 0 Å². The first-order valence-electron chi connectivity index (χ1n) is 10.9. The van der Waals surface area contributed by atoms with E-state index in [4.69, 9.17) is 18.6 Å². The van der Waals surface area contributed by atoms with Crippen molar-refractivity contribution in [1.82, 2.24) is 5.32 Å². The van der Waals surface area contributed by atoms with E-state index in [2.05, 4.69) is 5.32 Å². The van der Waals surface area contributed by atoms with Crippen LogP contribution in [-0.2, 0) is 28.6 Å². The maximum Gasteiger partial charge on any atom is 0.407 e. The Kier molecular flexibility index (Phi) is 5.55. The fourth-order valence-electron chi connectivity index (χ4n) is 6.45. The van der Waals surface area contributed by atoms with E-state index in [-0.39, 0.29) is 18.2 Å². The van der Waals surface area contributed by atoms with Crippen LogP contribution >= 0.6 is 0 Å². The number of ether oxygens (including phenoxy) is 3. The van der Waals surface area contributed by atoms with E-state index in [0.717, 1.165) is 5.56 Å². The van der Waals surface area contributed by atoms with Gasteiger partial charge in [0.05, 0.1) is 31.5 Å². The molecule has 0 spiro atoms. The summed E-state index contributed by atoms with van der Waals surface area (Å²) in [6, 6.07) is 1.74. The van der Waals surface area contributed by atoms with Crippen molar-refractivity contribution in [3.63, 3.8) is 0 Å². The molecule has 174 valence electrons. The van der Waals surface area contributed by atoms with Gasteiger partial charge in [0.15, 0.2) is 11.9 Å². The molecule has 3 aliphatic rings. The maximum absolute atomic E-state index is 13.8. The number of carbonyl (C=O) groups is 4. The van der Waals surface area contributed by atoms with Gasteiger partial charge in [-0.3, -0.25) is 14.4 Å². The zero-order valence-electron chi connectivity index (χ0n) is 18.7. The maximum atomic E-state index is 13.8. The van der Waals surface area contributed by atoms with Crippen LogP contribution in [0.25, 0.3) is 0 Å². The van der Waals surface area contributed by atoms with E-state index < -0.39 is 52.9 Å². The molecule has 0 radical (unpaired) electrons. The molecule has 32 heavy (non-hydrogen) atoms. The summed E-state index contributed by atoms with van der Waals surface area (Å²) in [5.74, 6) is -2.89. The highest BCUT2D eigenvalue weighted by Gasteiger charge is 2.67. The Morgan fingerprint density at radius 2 is 1.97 bits per heavy atom. The van der Waals surface area contributed by atoms with Crippen molar-refractivity contribution in [1.29, 1.82) is 0 Å². The van der Waals surface area contributed by atoms with Crippen molar-refractivity contribution in [2.75, 3.05) is 14.2 Å². The lowest BCUT2D eigenvalue weighted by atomic mass is 9.43. The number of Topliss-reactive ketones (excluding diaryl/α,β-unsaturated/α-hetero) is 1. The molecule has 1 saturated heterocycles. The third-order valence-electron chi connectivity index (χ3n) is 7.96. The molecule has 1 amide bonds. The zero-order valence-corrected chi connectivity index (χ0v) is 18.7. The Bertz CT molecular complexity index is 926. The molecular formula is C23H29NO8. The molecule has 1 aromatic rings. The summed E-state index contributed by atoms with van der Waals surface area (Å²) in [7, 11) is 2.72. The van der Waals surface area contributed by atoms with Crippen LogP contribution in [0.1, 0.15) is 51.2 Å². The van der Waals surface area contributed by atoms with E-state index in [1.165, 1.54) is 26.7 Å². The Morgan fingerprint density at radius 1 is 1.22 bits per heavy atom. The lowest BCUT2D eigenvalue weighted by molar-refractivity contribution is -0.207. The standard InChI is InChI=1S/C23H29NO8/c1-22-7-5-13-20(27)31-16(12-6-8-30-11-12)10-23(13,2)18(22)17(25)15(32-21(28)24-3)9-14(22)19(26)29-4/h6,8,11,13-16,18H,5,7,9-10H2,1-4H3,(H,24,28)/t13?,14-,15-,16-,18?,22-,23-/m0/s1. The smallest absolute Gasteiger partial charge is 0.407 e. The van der Waals surface area contributed by atoms with Crippen molar-refractivity contribution in [3.8, 4) is 0 Å². The van der Waals surface area contributed by atoms with Crippen molar-refractivity contribution in [3.05, 3.63) is 24.2 Å². The SMILES string of the molecule is CNC(=O)O[C@H]1C[C@@H](C(=O)OC)[C@]2(C)CCC3C(=O)O[C@H](c4ccoc4)C[C@]3(C)C2C1=O. The van der Waals surface area contributed by atoms with Crippen molar-refractivity contribution in [2.45, 2.75) is 51.7 Å². The molecule has 3 fully saturated rings. The third-order valence-corrected chi connectivity index (χ3v) is 7.96. The first-order valence-corrected chi connectivity index (χ1v) is 10.9. The summed E-state index contributed by atoms with van der Waals surface area (Å²) < 4.78 is 21.4. The summed E-state index contributed by atoms with van der Waals surface area (Å²) in [5, 5.41) is 2.36. The van der Waals surface area contributed by atoms with E-state index in [1.807, 2.05) is 13.8 Å². The molecule has 1 aliphatic heterocycles. The minimum absolute atomic E-state index is 0.0578. The second kappa shape index (κ2) is 7.94. The molecule has 0 aromatic carbocycles. The molecule has 9 heteroatoms. The summed E-state index contributed by atoms with van der Waals surface area (Å²) in [4.78, 5) is 51.6. The van der Waals surface area contributed by atoms with Gasteiger partial charge in [-0.25, -0.2) is 4.79 Å². The fraction of sp³-hybridized carbons (Fsp3) is 0.652. The highest BCUT2D eigenvalue weighted by atomic mass is 16.6. The van der Waals surface area contributed by atoms with Gasteiger partial charge in [0, 0.05) is 24.9 Å². The van der Waals surface area contributed by atoms with Crippen LogP contribution in [0.5, 0.6) is 0 Å². The van der Waals surface area contributed by atoms with E-state index in [1.54, 1.807) is 6.07 Å². The molecule has 2 heterocycles. The van der Waals surface area contributed by atoms with Gasteiger partial charge in [0.1, 0.15) is 6.10 Å². The Labute approximate surface area is 186 Å².